The molecule has 0 saturated carbocycles. The van der Waals surface area contributed by atoms with E-state index < -0.39 is 34.4 Å². The fourth-order valence-electron chi connectivity index (χ4n) is 2.25. The van der Waals surface area contributed by atoms with E-state index in [0.29, 0.717) is 0 Å². The Labute approximate surface area is 146 Å². The summed E-state index contributed by atoms with van der Waals surface area (Å²) in [6, 6.07) is 7.99. The molecule has 0 aliphatic carbocycles. The van der Waals surface area contributed by atoms with Crippen molar-refractivity contribution in [2.24, 2.45) is 0 Å². The molecule has 0 spiro atoms. The van der Waals surface area contributed by atoms with E-state index in [2.05, 4.69) is 10.1 Å². The minimum atomic E-state index is -4.82. The molecule has 1 aromatic heterocycles. The highest BCUT2D eigenvalue weighted by molar-refractivity contribution is 7.84. The number of halogens is 5. The van der Waals surface area contributed by atoms with E-state index in [1.807, 2.05) is 0 Å². The number of benzene rings is 2. The SMILES string of the molecule is CS(=O)c1ccc(-n2nc(C(F)(F)F)nc2-c2ccc(F)cc2)cc1F. The molecule has 0 bridgehead atoms. The Morgan fingerprint density at radius 1 is 1.04 bits per heavy atom. The highest BCUT2D eigenvalue weighted by Crippen LogP contribution is 2.31. The molecule has 0 saturated heterocycles. The van der Waals surface area contributed by atoms with Gasteiger partial charge in [0.2, 0.25) is 0 Å². The van der Waals surface area contributed by atoms with Gasteiger partial charge in [-0.3, -0.25) is 4.21 Å². The molecule has 0 aliphatic heterocycles. The quantitative estimate of drug-likeness (QED) is 0.639. The fourth-order valence-corrected chi connectivity index (χ4v) is 2.85. The summed E-state index contributed by atoms with van der Waals surface area (Å²) in [7, 11) is -1.60. The zero-order chi connectivity index (χ0) is 19.1. The van der Waals surface area contributed by atoms with Gasteiger partial charge in [0, 0.05) is 17.9 Å². The molecule has 1 heterocycles. The molecular formula is C16H10F5N3OS. The van der Waals surface area contributed by atoms with Crippen molar-refractivity contribution >= 4 is 10.8 Å². The fraction of sp³-hybridized carbons (Fsp3) is 0.125. The molecule has 4 nitrogen and oxygen atoms in total. The van der Waals surface area contributed by atoms with Crippen LogP contribution in [0.15, 0.2) is 47.4 Å². The van der Waals surface area contributed by atoms with Crippen LogP contribution in [-0.4, -0.2) is 25.2 Å². The lowest BCUT2D eigenvalue weighted by Gasteiger charge is -2.08. The number of aromatic nitrogens is 3. The Kier molecular flexibility index (Phi) is 4.61. The van der Waals surface area contributed by atoms with Crippen LogP contribution in [0, 0.1) is 11.6 Å². The number of hydrogen-bond acceptors (Lipinski definition) is 3. The molecular weight excluding hydrogens is 377 g/mol. The van der Waals surface area contributed by atoms with Gasteiger partial charge in [-0.15, -0.1) is 5.10 Å². The first-order valence-electron chi connectivity index (χ1n) is 7.10. The number of rotatable bonds is 3. The Bertz CT molecular complexity index is 983. The molecule has 1 atom stereocenters. The minimum absolute atomic E-state index is 0.0426. The second-order valence-electron chi connectivity index (χ2n) is 5.24. The molecule has 10 heteroatoms. The third-order valence-corrected chi connectivity index (χ3v) is 4.38. The Balaban J connectivity index is 2.19. The minimum Gasteiger partial charge on any atom is -0.255 e. The summed E-state index contributed by atoms with van der Waals surface area (Å²) in [5.74, 6) is -3.07. The van der Waals surface area contributed by atoms with E-state index in [9.17, 15) is 26.2 Å². The van der Waals surface area contributed by atoms with Crippen LogP contribution in [0.5, 0.6) is 0 Å². The van der Waals surface area contributed by atoms with E-state index >= 15 is 0 Å². The summed E-state index contributed by atoms with van der Waals surface area (Å²) < 4.78 is 78.4. The van der Waals surface area contributed by atoms with E-state index in [0.717, 1.165) is 22.9 Å². The largest absolute Gasteiger partial charge is 0.453 e. The zero-order valence-electron chi connectivity index (χ0n) is 13.1. The van der Waals surface area contributed by atoms with Gasteiger partial charge in [-0.25, -0.2) is 18.4 Å². The molecule has 3 aromatic rings. The van der Waals surface area contributed by atoms with E-state index in [1.165, 1.54) is 30.5 Å². The predicted octanol–water partition coefficient (Wildman–Crippen LogP) is 3.97. The Morgan fingerprint density at radius 2 is 1.69 bits per heavy atom. The van der Waals surface area contributed by atoms with Gasteiger partial charge in [0.05, 0.1) is 21.4 Å². The van der Waals surface area contributed by atoms with Crippen molar-refractivity contribution in [1.82, 2.24) is 14.8 Å². The average Bonchev–Trinajstić information content (AvgIpc) is 3.00. The maximum Gasteiger partial charge on any atom is 0.453 e. The van der Waals surface area contributed by atoms with Crippen LogP contribution >= 0.6 is 0 Å². The molecule has 3 rings (SSSR count). The second kappa shape index (κ2) is 6.60. The molecule has 0 N–H and O–H groups in total. The van der Waals surface area contributed by atoms with Gasteiger partial charge in [-0.05, 0) is 36.4 Å². The van der Waals surface area contributed by atoms with E-state index in [-0.39, 0.29) is 22.0 Å². The van der Waals surface area contributed by atoms with Crippen LogP contribution in [0.3, 0.4) is 0 Å². The number of hydrogen-bond donors (Lipinski definition) is 0. The van der Waals surface area contributed by atoms with Crippen molar-refractivity contribution in [3.8, 4) is 17.1 Å². The lowest BCUT2D eigenvalue weighted by Crippen LogP contribution is -2.08. The highest BCUT2D eigenvalue weighted by Gasteiger charge is 2.37. The number of alkyl halides is 3. The molecule has 136 valence electrons. The summed E-state index contributed by atoms with van der Waals surface area (Å²) >= 11 is 0. The van der Waals surface area contributed by atoms with Gasteiger partial charge in [-0.1, -0.05) is 0 Å². The third-order valence-electron chi connectivity index (χ3n) is 3.43. The van der Waals surface area contributed by atoms with Crippen LogP contribution in [0.4, 0.5) is 22.0 Å². The molecule has 0 aliphatic rings. The summed E-state index contributed by atoms with van der Waals surface area (Å²) in [5, 5.41) is 3.41. The van der Waals surface area contributed by atoms with Gasteiger partial charge in [0.15, 0.2) is 5.82 Å². The van der Waals surface area contributed by atoms with Crippen molar-refractivity contribution in [3.63, 3.8) is 0 Å². The lowest BCUT2D eigenvalue weighted by molar-refractivity contribution is -0.144. The predicted molar refractivity (Wildman–Crippen MR) is 84.0 cm³/mol. The summed E-state index contributed by atoms with van der Waals surface area (Å²) in [4.78, 5) is 3.38. The van der Waals surface area contributed by atoms with Gasteiger partial charge >= 0.3 is 6.18 Å². The van der Waals surface area contributed by atoms with Crippen molar-refractivity contribution in [2.75, 3.05) is 6.26 Å². The van der Waals surface area contributed by atoms with Crippen LogP contribution in [0.1, 0.15) is 5.82 Å². The van der Waals surface area contributed by atoms with Crippen LogP contribution in [0.2, 0.25) is 0 Å². The molecule has 2 aromatic carbocycles. The number of nitrogens with zero attached hydrogens (tertiary/aromatic N) is 3. The van der Waals surface area contributed by atoms with E-state index in [4.69, 9.17) is 0 Å². The van der Waals surface area contributed by atoms with E-state index in [1.54, 1.807) is 0 Å². The summed E-state index contributed by atoms with van der Waals surface area (Å²) in [6.45, 7) is 0. The maximum absolute atomic E-state index is 14.1. The van der Waals surface area contributed by atoms with Crippen molar-refractivity contribution in [1.29, 1.82) is 0 Å². The summed E-state index contributed by atoms with van der Waals surface area (Å²) in [5.41, 5.74) is 0.122. The third kappa shape index (κ3) is 3.50. The van der Waals surface area contributed by atoms with Crippen molar-refractivity contribution in [2.45, 2.75) is 11.1 Å². The molecule has 1 unspecified atom stereocenters. The van der Waals surface area contributed by atoms with Gasteiger partial charge in [-0.2, -0.15) is 13.2 Å². The Morgan fingerprint density at radius 3 is 2.23 bits per heavy atom. The molecule has 26 heavy (non-hydrogen) atoms. The van der Waals surface area contributed by atoms with Crippen molar-refractivity contribution in [3.05, 3.63) is 59.9 Å². The van der Waals surface area contributed by atoms with Gasteiger partial charge in [0.25, 0.3) is 5.82 Å². The highest BCUT2D eigenvalue weighted by atomic mass is 32.2. The first-order valence-corrected chi connectivity index (χ1v) is 8.66. The van der Waals surface area contributed by atoms with Gasteiger partial charge < -0.3 is 0 Å². The topological polar surface area (TPSA) is 47.8 Å². The molecule has 0 fully saturated rings. The lowest BCUT2D eigenvalue weighted by atomic mass is 10.2. The first kappa shape index (κ1) is 18.2. The molecule has 0 radical (unpaired) electrons. The van der Waals surface area contributed by atoms with Gasteiger partial charge in [0.1, 0.15) is 11.6 Å². The molecule has 0 amide bonds. The monoisotopic (exact) mass is 387 g/mol. The standard InChI is InChI=1S/C16H10F5N3OS/c1-26(25)13-7-6-11(8-12(13)18)24-14(9-2-4-10(17)5-3-9)22-15(23-24)16(19,20)21/h2-8H,1H3. The Hall–Kier alpha value is -2.62. The van der Waals surface area contributed by atoms with Crippen molar-refractivity contribution < 1.29 is 26.2 Å². The average molecular weight is 387 g/mol. The zero-order valence-corrected chi connectivity index (χ0v) is 13.9. The normalized spacial score (nSPS) is 13.0. The maximum atomic E-state index is 14.1. The second-order valence-corrected chi connectivity index (χ2v) is 6.59. The summed E-state index contributed by atoms with van der Waals surface area (Å²) in [6.07, 6.45) is -3.54. The smallest absolute Gasteiger partial charge is 0.255 e. The van der Waals surface area contributed by atoms with Crippen LogP contribution < -0.4 is 0 Å². The van der Waals surface area contributed by atoms with Crippen LogP contribution in [0.25, 0.3) is 17.1 Å². The first-order chi connectivity index (χ1) is 12.2. The van der Waals surface area contributed by atoms with Crippen LogP contribution in [-0.2, 0) is 17.0 Å².